The number of Topliss-reactive ketones (excluding diaryl/α,β-unsaturated/α-hetero) is 6. The van der Waals surface area contributed by atoms with Crippen LogP contribution in [0.1, 0.15) is 34.6 Å². The summed E-state index contributed by atoms with van der Waals surface area (Å²) in [5, 5.41) is 40.2. The highest BCUT2D eigenvalue weighted by Gasteiger charge is 2.75. The van der Waals surface area contributed by atoms with E-state index in [9.17, 15) is 49.2 Å². The third kappa shape index (κ3) is 3.52. The van der Waals surface area contributed by atoms with Crippen LogP contribution >= 0.6 is 12.6 Å². The molecule has 0 saturated carbocycles. The number of carbonyl (C=O) groups excluding carboxylic acids is 6. The van der Waals surface area contributed by atoms with Gasteiger partial charge in [-0.15, -0.1) is 0 Å². The maximum atomic E-state index is 12.3. The van der Waals surface area contributed by atoms with Crippen molar-refractivity contribution in [2.45, 2.75) is 62.8 Å². The van der Waals surface area contributed by atoms with Crippen molar-refractivity contribution in [3.8, 4) is 0 Å². The van der Waals surface area contributed by atoms with Crippen molar-refractivity contribution in [1.82, 2.24) is 0 Å². The van der Waals surface area contributed by atoms with E-state index in [1.54, 1.807) is 0 Å². The lowest BCUT2D eigenvalue weighted by molar-refractivity contribution is -0.228. The van der Waals surface area contributed by atoms with Crippen LogP contribution in [0, 0.1) is 0 Å². The molecule has 0 aliphatic carbocycles. The molecule has 5 unspecified atom stereocenters. The summed E-state index contributed by atoms with van der Waals surface area (Å²) in [5.74, 6) is -9.33. The Morgan fingerprint density at radius 2 is 1.19 bits per heavy atom. The van der Waals surface area contributed by atoms with Gasteiger partial charge in [0, 0.05) is 6.92 Å². The first kappa shape index (κ1) is 25.2. The van der Waals surface area contributed by atoms with Gasteiger partial charge < -0.3 is 20.4 Å². The third-order valence-electron chi connectivity index (χ3n) is 4.42. The minimum absolute atomic E-state index is 0.524. The second-order valence-corrected chi connectivity index (χ2v) is 6.80. The fourth-order valence-electron chi connectivity index (χ4n) is 2.76. The molecule has 0 radical (unpaired) electrons. The van der Waals surface area contributed by atoms with Gasteiger partial charge in [-0.05, 0) is 27.7 Å². The molecule has 0 aliphatic rings. The standard InChI is InChI=1S/C16H22O10S/c1-6(17)11(22)13(27)15(25,9(4)20)16(26,10(5)21)14(24,8(3)19)12(23)7(2)18/h11,13,22,24-27H,1-5H3. The van der Waals surface area contributed by atoms with E-state index in [0.717, 1.165) is 6.92 Å². The molecule has 27 heavy (non-hydrogen) atoms. The van der Waals surface area contributed by atoms with Gasteiger partial charge in [-0.1, -0.05) is 0 Å². The van der Waals surface area contributed by atoms with Crippen molar-refractivity contribution in [3.05, 3.63) is 0 Å². The predicted molar refractivity (Wildman–Crippen MR) is 92.0 cm³/mol. The van der Waals surface area contributed by atoms with Crippen molar-refractivity contribution in [2.75, 3.05) is 0 Å². The molecule has 0 bridgehead atoms. The van der Waals surface area contributed by atoms with Crippen molar-refractivity contribution < 1.29 is 49.2 Å². The number of hydrogen-bond acceptors (Lipinski definition) is 11. The van der Waals surface area contributed by atoms with Crippen LogP contribution in [0.2, 0.25) is 0 Å². The molecule has 0 aromatic heterocycles. The van der Waals surface area contributed by atoms with Crippen LogP contribution in [-0.2, 0) is 28.8 Å². The molecule has 4 N–H and O–H groups in total. The summed E-state index contributed by atoms with van der Waals surface area (Å²) in [7, 11) is 0. The van der Waals surface area contributed by atoms with Crippen LogP contribution in [0.25, 0.3) is 0 Å². The van der Waals surface area contributed by atoms with E-state index in [0.29, 0.717) is 27.7 Å². The molecular formula is C16H22O10S. The van der Waals surface area contributed by atoms with Gasteiger partial charge >= 0.3 is 0 Å². The highest BCUT2D eigenvalue weighted by molar-refractivity contribution is 7.81. The van der Waals surface area contributed by atoms with Crippen LogP contribution in [0.15, 0.2) is 0 Å². The zero-order chi connectivity index (χ0) is 22.1. The van der Waals surface area contributed by atoms with E-state index < -0.39 is 62.9 Å². The Bertz CT molecular complexity index is 716. The van der Waals surface area contributed by atoms with Crippen molar-refractivity contribution in [2.24, 2.45) is 0 Å². The first-order valence-corrected chi connectivity index (χ1v) is 8.09. The molecule has 0 rings (SSSR count). The Morgan fingerprint density at radius 3 is 1.41 bits per heavy atom. The van der Waals surface area contributed by atoms with Gasteiger partial charge in [-0.25, -0.2) is 0 Å². The Balaban J connectivity index is 7.28. The van der Waals surface area contributed by atoms with Gasteiger partial charge in [0.15, 0.2) is 34.5 Å². The number of ketones is 6. The summed E-state index contributed by atoms with van der Waals surface area (Å²) in [4.78, 5) is 71.7. The maximum Gasteiger partial charge on any atom is 0.240 e. The number of thiol groups is 1. The largest absolute Gasteiger partial charge is 0.384 e. The molecule has 0 heterocycles. The fraction of sp³-hybridized carbons (Fsp3) is 0.625. The molecule has 0 saturated heterocycles. The Morgan fingerprint density at radius 1 is 0.778 bits per heavy atom. The van der Waals surface area contributed by atoms with Gasteiger partial charge in [-0.3, -0.25) is 28.8 Å². The third-order valence-corrected chi connectivity index (χ3v) is 5.08. The number of aliphatic hydroxyl groups is 4. The summed E-state index contributed by atoms with van der Waals surface area (Å²) in [6, 6.07) is 0. The van der Waals surface area contributed by atoms with Crippen molar-refractivity contribution >= 4 is 47.3 Å². The molecule has 0 aromatic rings. The highest BCUT2D eigenvalue weighted by atomic mass is 32.1. The summed E-state index contributed by atoms with van der Waals surface area (Å²) in [6.07, 6.45) is -2.25. The molecular weight excluding hydrogens is 384 g/mol. The second kappa shape index (κ2) is 8.07. The normalized spacial score (nSPS) is 20.2. The molecule has 152 valence electrons. The second-order valence-electron chi connectivity index (χ2n) is 6.24. The van der Waals surface area contributed by atoms with E-state index in [2.05, 4.69) is 12.6 Å². The molecule has 5 atom stereocenters. The Labute approximate surface area is 160 Å². The maximum absolute atomic E-state index is 12.3. The van der Waals surface area contributed by atoms with E-state index in [4.69, 9.17) is 0 Å². The van der Waals surface area contributed by atoms with Crippen molar-refractivity contribution in [3.63, 3.8) is 0 Å². The Kier molecular flexibility index (Phi) is 7.53. The molecule has 11 heteroatoms. The average Bonchev–Trinajstić information content (AvgIpc) is 2.56. The number of carbonyl (C=O) groups is 6. The number of aliphatic hydroxyl groups excluding tert-OH is 1. The van der Waals surface area contributed by atoms with Gasteiger partial charge in [0.1, 0.15) is 6.10 Å². The number of hydrogen-bond donors (Lipinski definition) is 5. The van der Waals surface area contributed by atoms with Crippen LogP contribution in [0.4, 0.5) is 0 Å². The van der Waals surface area contributed by atoms with E-state index >= 15 is 0 Å². The van der Waals surface area contributed by atoms with Gasteiger partial charge in [0.05, 0.1) is 5.25 Å². The predicted octanol–water partition coefficient (Wildman–Crippen LogP) is -2.65. The quantitative estimate of drug-likeness (QED) is 0.146. The summed E-state index contributed by atoms with van der Waals surface area (Å²) in [5.41, 5.74) is -11.4. The smallest absolute Gasteiger partial charge is 0.240 e. The summed E-state index contributed by atoms with van der Waals surface area (Å²) < 4.78 is 0. The van der Waals surface area contributed by atoms with Crippen LogP contribution < -0.4 is 0 Å². The lowest BCUT2D eigenvalue weighted by Crippen LogP contribution is -2.82. The minimum atomic E-state index is -3.94. The van der Waals surface area contributed by atoms with E-state index in [1.807, 2.05) is 0 Å². The molecule has 10 nitrogen and oxygen atoms in total. The zero-order valence-corrected chi connectivity index (χ0v) is 16.2. The average molecular weight is 406 g/mol. The lowest BCUT2D eigenvalue weighted by atomic mass is 9.61. The fourth-order valence-corrected chi connectivity index (χ4v) is 3.34. The van der Waals surface area contributed by atoms with E-state index in [1.165, 1.54) is 0 Å². The first-order valence-electron chi connectivity index (χ1n) is 7.57. The zero-order valence-electron chi connectivity index (χ0n) is 15.3. The summed E-state index contributed by atoms with van der Waals surface area (Å²) in [6.45, 7) is 3.11. The SMILES string of the molecule is CC(=O)C(=O)C(O)(C(C)=O)C(O)(C(C)=O)C(O)(C(C)=O)C(S)C(O)C(C)=O. The van der Waals surface area contributed by atoms with Gasteiger partial charge in [0.25, 0.3) is 0 Å². The molecule has 0 amide bonds. The van der Waals surface area contributed by atoms with Crippen LogP contribution in [-0.4, -0.2) is 83.3 Å². The van der Waals surface area contributed by atoms with Crippen LogP contribution in [0.5, 0.6) is 0 Å². The topological polar surface area (TPSA) is 183 Å². The summed E-state index contributed by atoms with van der Waals surface area (Å²) >= 11 is 3.72. The van der Waals surface area contributed by atoms with Gasteiger partial charge in [-0.2, -0.15) is 12.6 Å². The van der Waals surface area contributed by atoms with Crippen molar-refractivity contribution in [1.29, 1.82) is 0 Å². The molecule has 0 spiro atoms. The lowest BCUT2D eigenvalue weighted by Gasteiger charge is -2.49. The monoisotopic (exact) mass is 406 g/mol. The number of rotatable bonds is 10. The van der Waals surface area contributed by atoms with E-state index in [-0.39, 0.29) is 0 Å². The minimum Gasteiger partial charge on any atom is -0.384 e. The Hall–Kier alpha value is -1.79. The molecule has 0 aliphatic heterocycles. The molecule has 0 fully saturated rings. The molecule has 0 aromatic carbocycles. The van der Waals surface area contributed by atoms with Gasteiger partial charge in [0.2, 0.25) is 17.0 Å². The first-order chi connectivity index (χ1) is 11.9. The highest BCUT2D eigenvalue weighted by Crippen LogP contribution is 2.41. The van der Waals surface area contributed by atoms with Crippen LogP contribution in [0.3, 0.4) is 0 Å².